The van der Waals surface area contributed by atoms with E-state index < -0.39 is 12.1 Å². The SMILES string of the molecule is CCC1(c2cccc(O)c2)CCCCN(C)C1.NC(=O)O.O=C(O)C1CCCN1. The maximum Gasteiger partial charge on any atom is 0.402 e. The maximum atomic E-state index is 10.1. The Bertz CT molecular complexity index is 645. The summed E-state index contributed by atoms with van der Waals surface area (Å²) in [5.74, 6) is -0.329. The molecule has 8 nitrogen and oxygen atoms in total. The van der Waals surface area contributed by atoms with Gasteiger partial charge in [-0.3, -0.25) is 4.79 Å². The van der Waals surface area contributed by atoms with Gasteiger partial charge in [-0.25, -0.2) is 4.79 Å². The Balaban J connectivity index is 0.000000290. The van der Waals surface area contributed by atoms with E-state index in [0.29, 0.717) is 5.75 Å². The van der Waals surface area contributed by atoms with Gasteiger partial charge in [-0.1, -0.05) is 25.5 Å². The number of nitrogens with two attached hydrogens (primary N) is 1. The number of carbonyl (C=O) groups is 2. The lowest BCUT2D eigenvalue weighted by molar-refractivity contribution is -0.139. The molecule has 0 radical (unpaired) electrons. The Morgan fingerprint density at radius 2 is 1.97 bits per heavy atom. The van der Waals surface area contributed by atoms with Gasteiger partial charge in [-0.05, 0) is 69.9 Å². The zero-order valence-corrected chi connectivity index (χ0v) is 17.4. The van der Waals surface area contributed by atoms with Crippen molar-refractivity contribution in [2.45, 2.75) is 56.9 Å². The number of nitrogens with one attached hydrogen (secondary N) is 1. The highest BCUT2D eigenvalue weighted by Crippen LogP contribution is 2.37. The van der Waals surface area contributed by atoms with Crippen LogP contribution in [0.2, 0.25) is 0 Å². The average molecular weight is 410 g/mol. The van der Waals surface area contributed by atoms with E-state index in [0.717, 1.165) is 32.4 Å². The number of aliphatic carboxylic acids is 1. The molecule has 1 amide bonds. The number of likely N-dealkylation sites (tertiary alicyclic amines) is 1. The van der Waals surface area contributed by atoms with Crippen molar-refractivity contribution >= 4 is 12.1 Å². The van der Waals surface area contributed by atoms with E-state index >= 15 is 0 Å². The first-order chi connectivity index (χ1) is 13.7. The summed E-state index contributed by atoms with van der Waals surface area (Å²) in [6, 6.07) is 7.57. The van der Waals surface area contributed by atoms with E-state index in [-0.39, 0.29) is 11.5 Å². The number of hydrogen-bond acceptors (Lipinski definition) is 5. The lowest BCUT2D eigenvalue weighted by Gasteiger charge is -2.35. The largest absolute Gasteiger partial charge is 0.508 e. The first-order valence-electron chi connectivity index (χ1n) is 10.1. The minimum Gasteiger partial charge on any atom is -0.508 e. The molecule has 2 aliphatic rings. The molecule has 1 aromatic rings. The van der Waals surface area contributed by atoms with Gasteiger partial charge in [-0.15, -0.1) is 0 Å². The summed E-state index contributed by atoms with van der Waals surface area (Å²) in [7, 11) is 2.21. The highest BCUT2D eigenvalue weighted by Gasteiger charge is 2.33. The molecule has 0 aliphatic carbocycles. The first kappa shape index (κ1) is 24.7. The third-order valence-electron chi connectivity index (χ3n) is 5.51. The maximum absolute atomic E-state index is 10.1. The van der Waals surface area contributed by atoms with E-state index in [1.807, 2.05) is 12.1 Å². The predicted molar refractivity (Wildman–Crippen MR) is 112 cm³/mol. The molecule has 2 atom stereocenters. The van der Waals surface area contributed by atoms with E-state index in [9.17, 15) is 9.90 Å². The lowest BCUT2D eigenvalue weighted by atomic mass is 9.74. The number of hydrogen-bond donors (Lipinski definition) is 5. The molecular weight excluding hydrogens is 374 g/mol. The Morgan fingerprint density at radius 1 is 1.28 bits per heavy atom. The van der Waals surface area contributed by atoms with Crippen LogP contribution in [0.4, 0.5) is 4.79 Å². The molecule has 2 unspecified atom stereocenters. The van der Waals surface area contributed by atoms with Crippen LogP contribution in [-0.2, 0) is 10.2 Å². The molecule has 0 spiro atoms. The minimum atomic E-state index is -1.33. The summed E-state index contributed by atoms with van der Waals surface area (Å²) < 4.78 is 0. The Labute approximate surface area is 172 Å². The zero-order chi connectivity index (χ0) is 21.9. The molecule has 0 saturated carbocycles. The molecular formula is C21H35N3O5. The van der Waals surface area contributed by atoms with Crippen molar-refractivity contribution in [3.05, 3.63) is 29.8 Å². The highest BCUT2D eigenvalue weighted by molar-refractivity contribution is 5.73. The van der Waals surface area contributed by atoms with Crippen LogP contribution in [0.3, 0.4) is 0 Å². The smallest absolute Gasteiger partial charge is 0.402 e. The standard InChI is InChI=1S/C15H23NO.C5H9NO2.CH3NO2/c1-3-15(9-4-5-10-16(2)12-15)13-7-6-8-14(17)11-13;7-5(8)4-2-1-3-6-4;2-1(3)4/h6-8,11,17H,3-5,9-10,12H2,1-2H3;4,6H,1-3H2,(H,7,8);2H2,(H,3,4). The van der Waals surface area contributed by atoms with Gasteiger partial charge in [0.2, 0.25) is 0 Å². The second-order valence-corrected chi connectivity index (χ2v) is 7.70. The third-order valence-corrected chi connectivity index (χ3v) is 5.51. The van der Waals surface area contributed by atoms with E-state index in [1.165, 1.54) is 31.4 Å². The van der Waals surface area contributed by atoms with Gasteiger partial charge in [0.15, 0.2) is 0 Å². The van der Waals surface area contributed by atoms with E-state index in [1.54, 1.807) is 6.07 Å². The lowest BCUT2D eigenvalue weighted by Crippen LogP contribution is -2.37. The minimum absolute atomic E-state index is 0.226. The highest BCUT2D eigenvalue weighted by atomic mass is 16.4. The summed E-state index contributed by atoms with van der Waals surface area (Å²) in [6.45, 7) is 5.42. The van der Waals surface area contributed by atoms with Crippen LogP contribution in [0.25, 0.3) is 0 Å². The van der Waals surface area contributed by atoms with Crippen LogP contribution < -0.4 is 11.1 Å². The second-order valence-electron chi connectivity index (χ2n) is 7.70. The van der Waals surface area contributed by atoms with Gasteiger partial charge >= 0.3 is 12.1 Å². The van der Waals surface area contributed by atoms with Crippen molar-refractivity contribution in [1.82, 2.24) is 10.2 Å². The molecule has 3 rings (SSSR count). The van der Waals surface area contributed by atoms with Crippen LogP contribution in [0.5, 0.6) is 5.75 Å². The molecule has 8 heteroatoms. The molecule has 0 aromatic heterocycles. The van der Waals surface area contributed by atoms with Crippen molar-refractivity contribution in [1.29, 1.82) is 0 Å². The van der Waals surface area contributed by atoms with Gasteiger partial charge in [0, 0.05) is 12.0 Å². The number of likely N-dealkylation sites (N-methyl/N-ethyl adjacent to an activating group) is 1. The van der Waals surface area contributed by atoms with Gasteiger partial charge < -0.3 is 31.3 Å². The molecule has 0 bridgehead atoms. The summed E-state index contributed by atoms with van der Waals surface area (Å²) in [6.07, 6.45) is 5.40. The Kier molecular flexibility index (Phi) is 10.5. The van der Waals surface area contributed by atoms with Gasteiger partial charge in [0.25, 0.3) is 0 Å². The van der Waals surface area contributed by atoms with Crippen LogP contribution in [-0.4, -0.2) is 65.0 Å². The number of phenolic OH excluding ortho intramolecular Hbond substituents is 1. The van der Waals surface area contributed by atoms with Crippen molar-refractivity contribution in [2.75, 3.05) is 26.7 Å². The van der Waals surface area contributed by atoms with Gasteiger partial charge in [0.05, 0.1) is 0 Å². The van der Waals surface area contributed by atoms with Crippen LogP contribution >= 0.6 is 0 Å². The number of rotatable bonds is 3. The number of carboxylic acid groups (broad SMARTS) is 2. The first-order valence-corrected chi connectivity index (χ1v) is 10.1. The molecule has 29 heavy (non-hydrogen) atoms. The molecule has 6 N–H and O–H groups in total. The fraction of sp³-hybridized carbons (Fsp3) is 0.619. The van der Waals surface area contributed by atoms with Crippen LogP contribution in [0.15, 0.2) is 24.3 Å². The number of aromatic hydroxyl groups is 1. The van der Waals surface area contributed by atoms with Gasteiger partial charge in [0.1, 0.15) is 11.8 Å². The normalized spacial score (nSPS) is 24.3. The fourth-order valence-corrected chi connectivity index (χ4v) is 3.98. The summed E-state index contributed by atoms with van der Waals surface area (Å²) in [4.78, 5) is 21.3. The van der Waals surface area contributed by atoms with Crippen molar-refractivity contribution in [2.24, 2.45) is 5.73 Å². The molecule has 164 valence electrons. The number of carboxylic acids is 1. The second kappa shape index (κ2) is 12.3. The monoisotopic (exact) mass is 409 g/mol. The molecule has 2 fully saturated rings. The fourth-order valence-electron chi connectivity index (χ4n) is 3.98. The summed E-state index contributed by atoms with van der Waals surface area (Å²) >= 11 is 0. The van der Waals surface area contributed by atoms with Crippen LogP contribution in [0, 0.1) is 0 Å². The summed E-state index contributed by atoms with van der Waals surface area (Å²) in [5.41, 5.74) is 5.55. The number of amides is 1. The molecule has 2 saturated heterocycles. The van der Waals surface area contributed by atoms with E-state index in [2.05, 4.69) is 36.0 Å². The van der Waals surface area contributed by atoms with Crippen molar-refractivity contribution < 1.29 is 24.9 Å². The molecule has 2 aliphatic heterocycles. The number of benzene rings is 1. The quantitative estimate of drug-likeness (QED) is 0.517. The zero-order valence-electron chi connectivity index (χ0n) is 17.4. The Morgan fingerprint density at radius 3 is 2.45 bits per heavy atom. The molecule has 1 aromatic carbocycles. The predicted octanol–water partition coefficient (Wildman–Crippen LogP) is 2.60. The molecule has 2 heterocycles. The third kappa shape index (κ3) is 8.70. The summed E-state index contributed by atoms with van der Waals surface area (Å²) in [5, 5.41) is 28.1. The van der Waals surface area contributed by atoms with Crippen molar-refractivity contribution in [3.63, 3.8) is 0 Å². The van der Waals surface area contributed by atoms with Crippen LogP contribution in [0.1, 0.15) is 51.0 Å². The topological polar surface area (TPSA) is 136 Å². The number of phenols is 1. The average Bonchev–Trinajstić information content (AvgIpc) is 3.12. The number of nitrogens with zero attached hydrogens (tertiary/aromatic N) is 1. The Hall–Kier alpha value is -2.32. The van der Waals surface area contributed by atoms with E-state index in [4.69, 9.17) is 15.0 Å². The van der Waals surface area contributed by atoms with Crippen molar-refractivity contribution in [3.8, 4) is 5.75 Å². The number of primary amides is 1. The van der Waals surface area contributed by atoms with Gasteiger partial charge in [-0.2, -0.15) is 0 Å².